The van der Waals surface area contributed by atoms with Crippen LogP contribution in [0.4, 0.5) is 0 Å². The standard InChI is InChI=1S/C15H17N3O2/c16-15(8-4-5-9-15)14-17-12(19)11(13(20)18-14)10-6-2-1-3-7-10/h1-3,6-7,11H,4-5,8-9,16H2,(H,17,18,19,20). The number of carbonyl (C=O) groups excluding carboxylic acids is 2. The summed E-state index contributed by atoms with van der Waals surface area (Å²) in [7, 11) is 0. The molecule has 2 amide bonds. The molecule has 1 aromatic carbocycles. The summed E-state index contributed by atoms with van der Waals surface area (Å²) in [5.74, 6) is -1.27. The Balaban J connectivity index is 1.91. The normalized spacial score (nSPS) is 25.2. The number of amidine groups is 1. The summed E-state index contributed by atoms with van der Waals surface area (Å²) in [6.45, 7) is 0. The fourth-order valence-corrected chi connectivity index (χ4v) is 2.92. The number of hydrogen-bond donors (Lipinski definition) is 2. The van der Waals surface area contributed by atoms with Crippen molar-refractivity contribution in [1.29, 1.82) is 0 Å². The number of amides is 2. The minimum absolute atomic E-state index is 0.331. The summed E-state index contributed by atoms with van der Waals surface area (Å²) in [6.07, 6.45) is 3.52. The average Bonchev–Trinajstić information content (AvgIpc) is 2.87. The van der Waals surface area contributed by atoms with E-state index in [1.807, 2.05) is 6.07 Å². The number of rotatable bonds is 2. The van der Waals surface area contributed by atoms with E-state index in [0.717, 1.165) is 25.7 Å². The molecule has 3 N–H and O–H groups in total. The van der Waals surface area contributed by atoms with E-state index in [-0.39, 0.29) is 5.91 Å². The summed E-state index contributed by atoms with van der Waals surface area (Å²) in [4.78, 5) is 28.5. The van der Waals surface area contributed by atoms with Crippen molar-refractivity contribution < 1.29 is 9.59 Å². The SMILES string of the molecule is NC1(C2=NC(=O)C(c3ccccc3)C(=O)N2)CCCC1. The molecule has 3 rings (SSSR count). The highest BCUT2D eigenvalue weighted by molar-refractivity contribution is 6.21. The molecule has 5 heteroatoms. The van der Waals surface area contributed by atoms with Gasteiger partial charge in [0.25, 0.3) is 5.91 Å². The molecule has 1 aromatic rings. The molecule has 1 atom stereocenters. The van der Waals surface area contributed by atoms with Crippen LogP contribution in [0.3, 0.4) is 0 Å². The van der Waals surface area contributed by atoms with Crippen molar-refractivity contribution in [2.45, 2.75) is 37.1 Å². The maximum atomic E-state index is 12.2. The zero-order valence-corrected chi connectivity index (χ0v) is 11.1. The maximum Gasteiger partial charge on any atom is 0.264 e. The molecular formula is C15H17N3O2. The number of nitrogens with two attached hydrogens (primary N) is 1. The first kappa shape index (κ1) is 13.0. The van der Waals surface area contributed by atoms with Gasteiger partial charge in [0, 0.05) is 0 Å². The number of carbonyl (C=O) groups is 2. The van der Waals surface area contributed by atoms with Crippen LogP contribution in [0, 0.1) is 0 Å². The smallest absolute Gasteiger partial charge is 0.264 e. The van der Waals surface area contributed by atoms with Crippen molar-refractivity contribution >= 4 is 17.6 Å². The molecule has 0 bridgehead atoms. The predicted molar refractivity (Wildman–Crippen MR) is 75.2 cm³/mol. The summed E-state index contributed by atoms with van der Waals surface area (Å²) in [5.41, 5.74) is 6.26. The molecule has 0 radical (unpaired) electrons. The molecule has 0 aromatic heterocycles. The van der Waals surface area contributed by atoms with Gasteiger partial charge in [0.1, 0.15) is 11.8 Å². The number of nitrogens with zero attached hydrogens (tertiary/aromatic N) is 1. The molecule has 1 saturated carbocycles. The topological polar surface area (TPSA) is 84.5 Å². The highest BCUT2D eigenvalue weighted by atomic mass is 16.2. The van der Waals surface area contributed by atoms with E-state index in [4.69, 9.17) is 5.73 Å². The molecule has 1 heterocycles. The molecular weight excluding hydrogens is 254 g/mol. The molecule has 1 fully saturated rings. The zero-order valence-electron chi connectivity index (χ0n) is 11.1. The van der Waals surface area contributed by atoms with Gasteiger partial charge >= 0.3 is 0 Å². The first-order valence-electron chi connectivity index (χ1n) is 6.88. The van der Waals surface area contributed by atoms with Crippen LogP contribution in [0.2, 0.25) is 0 Å². The molecule has 1 unspecified atom stereocenters. The number of benzene rings is 1. The second-order valence-electron chi connectivity index (χ2n) is 5.49. The third-order valence-corrected chi connectivity index (χ3v) is 4.07. The van der Waals surface area contributed by atoms with Gasteiger partial charge in [-0.1, -0.05) is 43.2 Å². The summed E-state index contributed by atoms with van der Waals surface area (Å²) < 4.78 is 0. The van der Waals surface area contributed by atoms with E-state index in [0.29, 0.717) is 11.4 Å². The Hall–Kier alpha value is -2.01. The third-order valence-electron chi connectivity index (χ3n) is 4.07. The predicted octanol–water partition coefficient (Wildman–Crippen LogP) is 1.10. The first-order chi connectivity index (χ1) is 9.60. The molecule has 2 aliphatic rings. The van der Waals surface area contributed by atoms with Crippen molar-refractivity contribution in [1.82, 2.24) is 5.32 Å². The Labute approximate surface area is 117 Å². The van der Waals surface area contributed by atoms with Gasteiger partial charge < -0.3 is 11.1 Å². The fraction of sp³-hybridized carbons (Fsp3) is 0.400. The molecule has 104 valence electrons. The molecule has 0 saturated heterocycles. The van der Waals surface area contributed by atoms with Crippen LogP contribution in [0.5, 0.6) is 0 Å². The van der Waals surface area contributed by atoms with Crippen LogP contribution in [0.15, 0.2) is 35.3 Å². The summed E-state index contributed by atoms with van der Waals surface area (Å²) >= 11 is 0. The van der Waals surface area contributed by atoms with Crippen LogP contribution < -0.4 is 11.1 Å². The zero-order chi connectivity index (χ0) is 14.2. The van der Waals surface area contributed by atoms with Gasteiger partial charge in [0.15, 0.2) is 0 Å². The van der Waals surface area contributed by atoms with E-state index in [1.165, 1.54) is 0 Å². The first-order valence-corrected chi connectivity index (χ1v) is 6.88. The summed E-state index contributed by atoms with van der Waals surface area (Å²) in [5, 5.41) is 2.74. The van der Waals surface area contributed by atoms with E-state index in [2.05, 4.69) is 10.3 Å². The van der Waals surface area contributed by atoms with Gasteiger partial charge in [-0.3, -0.25) is 9.59 Å². The highest BCUT2D eigenvalue weighted by Gasteiger charge is 2.42. The van der Waals surface area contributed by atoms with Gasteiger partial charge in [-0.25, -0.2) is 0 Å². The van der Waals surface area contributed by atoms with Crippen molar-refractivity contribution in [3.8, 4) is 0 Å². The van der Waals surface area contributed by atoms with Crippen LogP contribution in [-0.4, -0.2) is 23.2 Å². The Morgan fingerprint density at radius 1 is 1.15 bits per heavy atom. The maximum absolute atomic E-state index is 12.2. The van der Waals surface area contributed by atoms with Crippen LogP contribution in [0.1, 0.15) is 37.2 Å². The lowest BCUT2D eigenvalue weighted by molar-refractivity contribution is -0.130. The van der Waals surface area contributed by atoms with Gasteiger partial charge in [0.2, 0.25) is 5.91 Å². The van der Waals surface area contributed by atoms with Crippen LogP contribution >= 0.6 is 0 Å². The number of hydrogen-bond acceptors (Lipinski definition) is 3. The van der Waals surface area contributed by atoms with E-state index < -0.39 is 17.4 Å². The second kappa shape index (κ2) is 4.83. The number of nitrogens with one attached hydrogen (secondary N) is 1. The minimum atomic E-state index is -0.857. The minimum Gasteiger partial charge on any atom is -0.319 e. The number of aliphatic imine (C=N–C) groups is 1. The van der Waals surface area contributed by atoms with Crippen molar-refractivity contribution in [2.24, 2.45) is 10.7 Å². The van der Waals surface area contributed by atoms with Crippen molar-refractivity contribution in [2.75, 3.05) is 0 Å². The lowest BCUT2D eigenvalue weighted by atomic mass is 9.92. The molecule has 1 aliphatic carbocycles. The van der Waals surface area contributed by atoms with E-state index >= 15 is 0 Å². The van der Waals surface area contributed by atoms with Gasteiger partial charge in [-0.2, -0.15) is 4.99 Å². The van der Waals surface area contributed by atoms with E-state index in [1.54, 1.807) is 24.3 Å². The molecule has 5 nitrogen and oxygen atoms in total. The van der Waals surface area contributed by atoms with Gasteiger partial charge in [0.05, 0.1) is 5.54 Å². The molecule has 20 heavy (non-hydrogen) atoms. The quantitative estimate of drug-likeness (QED) is 0.790. The monoisotopic (exact) mass is 271 g/mol. The average molecular weight is 271 g/mol. The Kier molecular flexibility index (Phi) is 3.14. The summed E-state index contributed by atoms with van der Waals surface area (Å²) in [6, 6.07) is 8.97. The van der Waals surface area contributed by atoms with Crippen molar-refractivity contribution in [3.63, 3.8) is 0 Å². The Morgan fingerprint density at radius 3 is 2.40 bits per heavy atom. The Bertz CT molecular complexity index is 574. The Morgan fingerprint density at radius 2 is 1.80 bits per heavy atom. The van der Waals surface area contributed by atoms with Gasteiger partial charge in [-0.05, 0) is 18.4 Å². The lowest BCUT2D eigenvalue weighted by Gasteiger charge is -2.30. The molecule has 1 aliphatic heterocycles. The van der Waals surface area contributed by atoms with Crippen molar-refractivity contribution in [3.05, 3.63) is 35.9 Å². The van der Waals surface area contributed by atoms with E-state index in [9.17, 15) is 9.59 Å². The van der Waals surface area contributed by atoms with Gasteiger partial charge in [-0.15, -0.1) is 0 Å². The largest absolute Gasteiger partial charge is 0.319 e. The van der Waals surface area contributed by atoms with Crippen LogP contribution in [-0.2, 0) is 9.59 Å². The highest BCUT2D eigenvalue weighted by Crippen LogP contribution is 2.30. The second-order valence-corrected chi connectivity index (χ2v) is 5.49. The fourth-order valence-electron chi connectivity index (χ4n) is 2.92. The molecule has 0 spiro atoms. The third kappa shape index (κ3) is 2.14. The van der Waals surface area contributed by atoms with Crippen LogP contribution in [0.25, 0.3) is 0 Å². The lowest BCUT2D eigenvalue weighted by Crippen LogP contribution is -2.57.